The number of benzene rings is 4. The second kappa shape index (κ2) is 10.5. The van der Waals surface area contributed by atoms with Crippen molar-refractivity contribution < 1.29 is 10.2 Å². The van der Waals surface area contributed by atoms with E-state index in [2.05, 4.69) is 40.2 Å². The van der Waals surface area contributed by atoms with Crippen LogP contribution in [0.25, 0.3) is 0 Å². The van der Waals surface area contributed by atoms with Gasteiger partial charge in [0.25, 0.3) is 0 Å². The molecule has 0 amide bonds. The van der Waals surface area contributed by atoms with Crippen molar-refractivity contribution in [2.45, 2.75) is 12.8 Å². The van der Waals surface area contributed by atoms with Crippen molar-refractivity contribution in [3.05, 3.63) is 130 Å². The van der Waals surface area contributed by atoms with Gasteiger partial charge in [0.15, 0.2) is 0 Å². The molecule has 0 bridgehead atoms. The minimum absolute atomic E-state index is 0.349. The summed E-state index contributed by atoms with van der Waals surface area (Å²) in [6, 6.07) is 33.2. The monoisotopic (exact) mass is 446 g/mol. The summed E-state index contributed by atoms with van der Waals surface area (Å²) >= 11 is 3.40. The second-order valence-corrected chi connectivity index (χ2v) is 7.64. The molecule has 146 valence electrons. The van der Waals surface area contributed by atoms with Crippen LogP contribution in [-0.2, 0) is 12.8 Å². The zero-order chi connectivity index (χ0) is 20.5. The van der Waals surface area contributed by atoms with Crippen molar-refractivity contribution in [2.24, 2.45) is 0 Å². The zero-order valence-corrected chi connectivity index (χ0v) is 17.6. The van der Waals surface area contributed by atoms with Crippen molar-refractivity contribution in [1.29, 1.82) is 0 Å². The Hall–Kier alpha value is -3.04. The molecule has 0 aliphatic heterocycles. The molecule has 3 heteroatoms. The first-order chi connectivity index (χ1) is 14.1. The molecule has 0 radical (unpaired) electrons. The van der Waals surface area contributed by atoms with E-state index in [1.807, 2.05) is 66.7 Å². The fraction of sp³-hybridized carbons (Fsp3) is 0.0769. The van der Waals surface area contributed by atoms with Crippen molar-refractivity contribution in [3.8, 4) is 11.5 Å². The van der Waals surface area contributed by atoms with Gasteiger partial charge in [0, 0.05) is 17.3 Å². The average molecular weight is 447 g/mol. The summed E-state index contributed by atoms with van der Waals surface area (Å²) in [5, 5.41) is 19.2. The van der Waals surface area contributed by atoms with Crippen LogP contribution in [0.3, 0.4) is 0 Å². The summed E-state index contributed by atoms with van der Waals surface area (Å²) in [5.41, 5.74) is 4.33. The second-order valence-electron chi connectivity index (χ2n) is 6.73. The predicted molar refractivity (Wildman–Crippen MR) is 122 cm³/mol. The molecule has 0 fully saturated rings. The third-order valence-corrected chi connectivity index (χ3v) is 5.00. The highest BCUT2D eigenvalue weighted by atomic mass is 79.9. The van der Waals surface area contributed by atoms with E-state index in [0.717, 1.165) is 28.4 Å². The van der Waals surface area contributed by atoms with Gasteiger partial charge in [0.05, 0.1) is 0 Å². The van der Waals surface area contributed by atoms with Crippen molar-refractivity contribution in [2.75, 3.05) is 0 Å². The number of para-hydroxylation sites is 1. The first kappa shape index (κ1) is 20.7. The number of phenolic OH excluding ortho intramolecular Hbond substituents is 2. The molecule has 4 aromatic carbocycles. The number of hydrogen-bond donors (Lipinski definition) is 2. The molecule has 0 saturated heterocycles. The Kier molecular flexibility index (Phi) is 7.48. The Morgan fingerprint density at radius 1 is 0.517 bits per heavy atom. The largest absolute Gasteiger partial charge is 0.508 e. The summed E-state index contributed by atoms with van der Waals surface area (Å²) in [7, 11) is 0. The lowest BCUT2D eigenvalue weighted by Crippen LogP contribution is -1.88. The molecule has 29 heavy (non-hydrogen) atoms. The van der Waals surface area contributed by atoms with Gasteiger partial charge in [0.2, 0.25) is 0 Å². The Bertz CT molecular complexity index is 1030. The quantitative estimate of drug-likeness (QED) is 0.364. The van der Waals surface area contributed by atoms with Crippen LogP contribution < -0.4 is 0 Å². The molecule has 0 aliphatic carbocycles. The zero-order valence-electron chi connectivity index (χ0n) is 16.0. The topological polar surface area (TPSA) is 40.5 Å². The lowest BCUT2D eigenvalue weighted by atomic mass is 10.0. The van der Waals surface area contributed by atoms with Crippen LogP contribution in [0.1, 0.15) is 22.3 Å². The lowest BCUT2D eigenvalue weighted by molar-refractivity contribution is 0.469. The maximum absolute atomic E-state index is 9.68. The number of phenols is 2. The van der Waals surface area contributed by atoms with E-state index < -0.39 is 0 Å². The summed E-state index contributed by atoms with van der Waals surface area (Å²) < 4.78 is 0.992. The highest BCUT2D eigenvalue weighted by Crippen LogP contribution is 2.24. The summed E-state index contributed by atoms with van der Waals surface area (Å²) in [6.45, 7) is 0. The van der Waals surface area contributed by atoms with Crippen LogP contribution >= 0.6 is 15.9 Å². The first-order valence-corrected chi connectivity index (χ1v) is 10.2. The molecule has 0 saturated carbocycles. The Balaban J connectivity index is 0.000000166. The molecular formula is C26H23BrO2. The standard InChI is InChI=1S/C13H11BrO.C13H12O/c14-12-6-7-13(15)11(9-12)8-10-4-2-1-3-5-10;14-13-9-5-4-8-12(13)10-11-6-2-1-3-7-11/h1-7,9,15H,8H2;1-9,14H,10H2. The molecule has 0 heterocycles. The van der Waals surface area contributed by atoms with E-state index in [1.54, 1.807) is 12.1 Å². The van der Waals surface area contributed by atoms with E-state index in [4.69, 9.17) is 0 Å². The molecule has 4 rings (SSSR count). The Morgan fingerprint density at radius 2 is 1.00 bits per heavy atom. The van der Waals surface area contributed by atoms with Crippen LogP contribution in [-0.4, -0.2) is 10.2 Å². The van der Waals surface area contributed by atoms with E-state index in [9.17, 15) is 10.2 Å². The molecular weight excluding hydrogens is 424 g/mol. The van der Waals surface area contributed by atoms with E-state index in [1.165, 1.54) is 11.1 Å². The van der Waals surface area contributed by atoms with Crippen molar-refractivity contribution in [1.82, 2.24) is 0 Å². The van der Waals surface area contributed by atoms with Gasteiger partial charge < -0.3 is 10.2 Å². The van der Waals surface area contributed by atoms with Crippen LogP contribution in [0, 0.1) is 0 Å². The average Bonchev–Trinajstić information content (AvgIpc) is 2.74. The van der Waals surface area contributed by atoms with Crippen LogP contribution in [0.15, 0.2) is 108 Å². The van der Waals surface area contributed by atoms with E-state index in [-0.39, 0.29) is 0 Å². The number of halogens is 1. The Labute approximate surface area is 180 Å². The van der Waals surface area contributed by atoms with Gasteiger partial charge in [-0.2, -0.15) is 0 Å². The van der Waals surface area contributed by atoms with Crippen LogP contribution in [0.5, 0.6) is 11.5 Å². The predicted octanol–water partition coefficient (Wildman–Crippen LogP) is 6.73. The van der Waals surface area contributed by atoms with Crippen LogP contribution in [0.2, 0.25) is 0 Å². The number of rotatable bonds is 4. The third-order valence-electron chi connectivity index (χ3n) is 4.51. The smallest absolute Gasteiger partial charge is 0.119 e. The van der Waals surface area contributed by atoms with Gasteiger partial charge in [-0.25, -0.2) is 0 Å². The van der Waals surface area contributed by atoms with Gasteiger partial charge in [-0.1, -0.05) is 94.8 Å². The fourth-order valence-electron chi connectivity index (χ4n) is 2.99. The molecule has 4 aromatic rings. The number of hydrogen-bond acceptors (Lipinski definition) is 2. The minimum atomic E-state index is 0.349. The maximum atomic E-state index is 9.68. The summed E-state index contributed by atoms with van der Waals surface area (Å²) in [4.78, 5) is 0. The van der Waals surface area contributed by atoms with Gasteiger partial charge >= 0.3 is 0 Å². The molecule has 2 nitrogen and oxygen atoms in total. The van der Waals surface area contributed by atoms with Crippen LogP contribution in [0.4, 0.5) is 0 Å². The molecule has 2 N–H and O–H groups in total. The lowest BCUT2D eigenvalue weighted by Gasteiger charge is -2.05. The highest BCUT2D eigenvalue weighted by molar-refractivity contribution is 9.10. The normalized spacial score (nSPS) is 10.1. The third kappa shape index (κ3) is 6.51. The van der Waals surface area contributed by atoms with E-state index in [0.29, 0.717) is 11.5 Å². The molecule has 0 atom stereocenters. The maximum Gasteiger partial charge on any atom is 0.119 e. The molecule has 0 aliphatic rings. The minimum Gasteiger partial charge on any atom is -0.508 e. The number of aromatic hydroxyl groups is 2. The molecule has 0 unspecified atom stereocenters. The van der Waals surface area contributed by atoms with Gasteiger partial charge in [0.1, 0.15) is 11.5 Å². The fourth-order valence-corrected chi connectivity index (χ4v) is 3.40. The van der Waals surface area contributed by atoms with Gasteiger partial charge in [-0.15, -0.1) is 0 Å². The molecule has 0 spiro atoms. The Morgan fingerprint density at radius 3 is 1.59 bits per heavy atom. The first-order valence-electron chi connectivity index (χ1n) is 9.44. The molecule has 0 aromatic heterocycles. The van der Waals surface area contributed by atoms with Crippen molar-refractivity contribution >= 4 is 15.9 Å². The van der Waals surface area contributed by atoms with Gasteiger partial charge in [-0.3, -0.25) is 0 Å². The summed E-state index contributed by atoms with van der Waals surface area (Å²) in [6.07, 6.45) is 1.54. The SMILES string of the molecule is Oc1ccc(Br)cc1Cc1ccccc1.Oc1ccccc1Cc1ccccc1. The van der Waals surface area contributed by atoms with Gasteiger partial charge in [-0.05, 0) is 46.5 Å². The summed E-state index contributed by atoms with van der Waals surface area (Å²) in [5.74, 6) is 0.721. The van der Waals surface area contributed by atoms with Crippen molar-refractivity contribution in [3.63, 3.8) is 0 Å². The highest BCUT2D eigenvalue weighted by Gasteiger charge is 2.02. The van der Waals surface area contributed by atoms with E-state index >= 15 is 0 Å².